The summed E-state index contributed by atoms with van der Waals surface area (Å²) in [5.74, 6) is -4.28. The molecule has 0 aliphatic carbocycles. The van der Waals surface area contributed by atoms with Crippen LogP contribution in [0.25, 0.3) is 10.9 Å². The zero-order chi connectivity index (χ0) is 18.9. The van der Waals surface area contributed by atoms with Crippen molar-refractivity contribution in [3.63, 3.8) is 0 Å². The number of amides is 1. The van der Waals surface area contributed by atoms with E-state index in [0.29, 0.717) is 10.9 Å². The number of carbonyl (C=O) groups excluding carboxylic acids is 1. The van der Waals surface area contributed by atoms with E-state index in [-0.39, 0.29) is 5.56 Å². The molecular weight excluding hydrogens is 368 g/mol. The zero-order valence-corrected chi connectivity index (χ0v) is 13.8. The maximum Gasteiger partial charge on any atom is 0.341 e. The number of hydrogen-bond donors (Lipinski definition) is 1. The van der Waals surface area contributed by atoms with Crippen molar-refractivity contribution in [3.8, 4) is 0 Å². The van der Waals surface area contributed by atoms with Gasteiger partial charge in [-0.2, -0.15) is 8.78 Å². The number of alkyl halides is 2. The molecule has 3 aromatic rings. The maximum absolute atomic E-state index is 12.5. The molecule has 0 atom stereocenters. The van der Waals surface area contributed by atoms with Gasteiger partial charge < -0.3 is 0 Å². The Kier molecular flexibility index (Phi) is 4.51. The summed E-state index contributed by atoms with van der Waals surface area (Å²) in [7, 11) is -4.74. The van der Waals surface area contributed by atoms with Crippen LogP contribution in [-0.4, -0.2) is 29.7 Å². The van der Waals surface area contributed by atoms with Gasteiger partial charge >= 0.3 is 5.76 Å². The minimum atomic E-state index is -4.74. The summed E-state index contributed by atoms with van der Waals surface area (Å²) in [5, 5.41) is 0.300. The van der Waals surface area contributed by atoms with Crippen molar-refractivity contribution in [2.45, 2.75) is 10.7 Å². The van der Waals surface area contributed by atoms with Crippen LogP contribution in [0.3, 0.4) is 0 Å². The highest BCUT2D eigenvalue weighted by Gasteiger charge is 2.26. The van der Waals surface area contributed by atoms with E-state index in [0.717, 1.165) is 35.3 Å². The van der Waals surface area contributed by atoms with E-state index < -0.39 is 32.0 Å². The number of nitrogens with one attached hydrogen (secondary N) is 1. The minimum Gasteiger partial charge on any atom is -0.267 e. The van der Waals surface area contributed by atoms with Gasteiger partial charge in [0, 0.05) is 5.56 Å². The van der Waals surface area contributed by atoms with Crippen LogP contribution in [-0.2, 0) is 9.84 Å². The smallest absolute Gasteiger partial charge is 0.267 e. The van der Waals surface area contributed by atoms with Crippen LogP contribution < -0.4 is 11.0 Å². The van der Waals surface area contributed by atoms with Crippen molar-refractivity contribution < 1.29 is 22.0 Å². The summed E-state index contributed by atoms with van der Waals surface area (Å²) in [6.07, 6.45) is 1.14. The van der Waals surface area contributed by atoms with Crippen LogP contribution in [0.4, 0.5) is 8.78 Å². The Bertz CT molecular complexity index is 1140. The molecule has 0 aliphatic heterocycles. The number of para-hydroxylation sites is 1. The normalized spacial score (nSPS) is 11.7. The number of halogens is 2. The Morgan fingerprint density at radius 2 is 1.73 bits per heavy atom. The fraction of sp³-hybridized carbons (Fsp3) is 0.0625. The third-order valence-corrected chi connectivity index (χ3v) is 4.97. The molecule has 0 unspecified atom stereocenters. The van der Waals surface area contributed by atoms with Crippen molar-refractivity contribution in [3.05, 3.63) is 70.8 Å². The second-order valence-corrected chi connectivity index (χ2v) is 7.13. The van der Waals surface area contributed by atoms with Crippen molar-refractivity contribution in [2.75, 3.05) is 5.43 Å². The fourth-order valence-electron chi connectivity index (χ4n) is 2.22. The molecule has 1 amide bonds. The molecule has 3 rings (SSSR count). The third kappa shape index (κ3) is 3.18. The van der Waals surface area contributed by atoms with Gasteiger partial charge in [0.05, 0.1) is 15.8 Å². The summed E-state index contributed by atoms with van der Waals surface area (Å²) < 4.78 is 48.6. The quantitative estimate of drug-likeness (QED) is 0.745. The molecule has 0 spiro atoms. The van der Waals surface area contributed by atoms with E-state index in [4.69, 9.17) is 0 Å². The van der Waals surface area contributed by atoms with E-state index in [1.165, 1.54) is 0 Å². The highest BCUT2D eigenvalue weighted by Crippen LogP contribution is 2.18. The molecule has 0 saturated carbocycles. The molecule has 26 heavy (non-hydrogen) atoms. The van der Waals surface area contributed by atoms with Crippen LogP contribution in [0.2, 0.25) is 0 Å². The van der Waals surface area contributed by atoms with E-state index in [2.05, 4.69) is 10.4 Å². The lowest BCUT2D eigenvalue weighted by Gasteiger charge is -2.09. The Labute approximate surface area is 145 Å². The monoisotopic (exact) mass is 379 g/mol. The largest absolute Gasteiger partial charge is 0.341 e. The first-order valence-corrected chi connectivity index (χ1v) is 8.75. The molecule has 0 bridgehead atoms. The molecule has 0 radical (unpaired) electrons. The van der Waals surface area contributed by atoms with E-state index >= 15 is 0 Å². The second-order valence-electron chi connectivity index (χ2n) is 5.21. The lowest BCUT2D eigenvalue weighted by atomic mass is 10.2. The SMILES string of the molecule is O=C(Nn1cnc2ccccc2c1=O)c1ccc(S(=O)(=O)C(F)F)cc1. The van der Waals surface area contributed by atoms with E-state index in [1.807, 2.05) is 0 Å². The van der Waals surface area contributed by atoms with Crippen LogP contribution in [0.1, 0.15) is 10.4 Å². The molecule has 7 nitrogen and oxygen atoms in total. The van der Waals surface area contributed by atoms with Crippen LogP contribution >= 0.6 is 0 Å². The summed E-state index contributed by atoms with van der Waals surface area (Å²) in [4.78, 5) is 27.9. The van der Waals surface area contributed by atoms with Gasteiger partial charge in [-0.05, 0) is 36.4 Å². The van der Waals surface area contributed by atoms with Gasteiger partial charge in [0.25, 0.3) is 11.5 Å². The predicted molar refractivity (Wildman–Crippen MR) is 89.3 cm³/mol. The van der Waals surface area contributed by atoms with E-state index in [9.17, 15) is 26.8 Å². The van der Waals surface area contributed by atoms with Crippen molar-refractivity contribution >= 4 is 26.6 Å². The Hall–Kier alpha value is -3.14. The summed E-state index contributed by atoms with van der Waals surface area (Å²) in [5.41, 5.74) is 2.25. The van der Waals surface area contributed by atoms with Crippen molar-refractivity contribution in [2.24, 2.45) is 0 Å². The maximum atomic E-state index is 12.5. The highest BCUT2D eigenvalue weighted by atomic mass is 32.2. The molecule has 0 fully saturated rings. The van der Waals surface area contributed by atoms with Crippen molar-refractivity contribution in [1.29, 1.82) is 0 Å². The standard InChI is InChI=1S/C16H11F2N3O4S/c17-16(18)26(24,25)11-7-5-10(6-8-11)14(22)20-21-9-19-13-4-2-1-3-12(13)15(21)23/h1-9,16H,(H,20,22). The number of rotatable bonds is 4. The van der Waals surface area contributed by atoms with Gasteiger partial charge in [-0.25, -0.2) is 18.1 Å². The molecule has 1 N–H and O–H groups in total. The van der Waals surface area contributed by atoms with Gasteiger partial charge in [0.2, 0.25) is 9.84 Å². The first kappa shape index (κ1) is 17.7. The highest BCUT2D eigenvalue weighted by molar-refractivity contribution is 7.91. The number of hydrogen-bond acceptors (Lipinski definition) is 5. The molecule has 134 valence electrons. The fourth-order valence-corrected chi connectivity index (χ4v) is 2.94. The van der Waals surface area contributed by atoms with Crippen molar-refractivity contribution in [1.82, 2.24) is 9.66 Å². The van der Waals surface area contributed by atoms with Crippen LogP contribution in [0, 0.1) is 0 Å². The van der Waals surface area contributed by atoms with Crippen LogP contribution in [0.15, 0.2) is 64.5 Å². The predicted octanol–water partition coefficient (Wildman–Crippen LogP) is 1.78. The first-order chi connectivity index (χ1) is 12.3. The molecule has 1 heterocycles. The third-order valence-electron chi connectivity index (χ3n) is 3.57. The van der Waals surface area contributed by atoms with Gasteiger partial charge in [-0.3, -0.25) is 15.0 Å². The minimum absolute atomic E-state index is 0.0155. The van der Waals surface area contributed by atoms with Gasteiger partial charge in [-0.15, -0.1) is 0 Å². The average Bonchev–Trinajstić information content (AvgIpc) is 2.64. The zero-order valence-electron chi connectivity index (χ0n) is 13.0. The average molecular weight is 379 g/mol. The Balaban J connectivity index is 1.87. The molecule has 0 saturated heterocycles. The van der Waals surface area contributed by atoms with Gasteiger partial charge in [-0.1, -0.05) is 12.1 Å². The van der Waals surface area contributed by atoms with Crippen LogP contribution in [0.5, 0.6) is 0 Å². The molecule has 10 heteroatoms. The molecule has 1 aromatic heterocycles. The molecule has 0 aliphatic rings. The number of nitrogens with zero attached hydrogens (tertiary/aromatic N) is 2. The van der Waals surface area contributed by atoms with Gasteiger partial charge in [0.15, 0.2) is 0 Å². The Morgan fingerprint density at radius 3 is 2.38 bits per heavy atom. The number of benzene rings is 2. The summed E-state index contributed by atoms with van der Waals surface area (Å²) in [6.45, 7) is 0. The molecular formula is C16H11F2N3O4S. The lowest BCUT2D eigenvalue weighted by Crippen LogP contribution is -2.33. The number of carbonyl (C=O) groups is 1. The Morgan fingerprint density at radius 1 is 1.08 bits per heavy atom. The number of aromatic nitrogens is 2. The lowest BCUT2D eigenvalue weighted by molar-refractivity contribution is 0.101. The first-order valence-electron chi connectivity index (χ1n) is 7.20. The summed E-state index contributed by atoms with van der Waals surface area (Å²) >= 11 is 0. The number of fused-ring (bicyclic) bond motifs is 1. The number of sulfone groups is 1. The summed E-state index contributed by atoms with van der Waals surface area (Å²) in [6, 6.07) is 10.5. The second kappa shape index (κ2) is 6.64. The van der Waals surface area contributed by atoms with Gasteiger partial charge in [0.1, 0.15) is 6.33 Å². The topological polar surface area (TPSA) is 98.1 Å². The molecule has 2 aromatic carbocycles. The van der Waals surface area contributed by atoms with E-state index in [1.54, 1.807) is 24.3 Å².